The highest BCUT2D eigenvalue weighted by Crippen LogP contribution is 2.33. The van der Waals surface area contributed by atoms with E-state index in [0.717, 1.165) is 39.5 Å². The first-order valence-corrected chi connectivity index (χ1v) is 10.7. The maximum absolute atomic E-state index is 6.50. The SMILES string of the molecule is CCc1nn2c(N)c(-c3nc(-c4ccc(C)cc4)cs3)nnc2c1-c1ccccc1. The number of nitrogen functional groups attached to an aromatic ring is 1. The van der Waals surface area contributed by atoms with Crippen LogP contribution in [-0.4, -0.2) is 24.8 Å². The van der Waals surface area contributed by atoms with Gasteiger partial charge in [-0.15, -0.1) is 21.5 Å². The summed E-state index contributed by atoms with van der Waals surface area (Å²) in [4.78, 5) is 4.75. The number of nitrogens with two attached hydrogens (primary N) is 1. The van der Waals surface area contributed by atoms with Crippen LogP contribution < -0.4 is 5.73 Å². The summed E-state index contributed by atoms with van der Waals surface area (Å²) in [5.41, 5.74) is 13.9. The molecule has 5 rings (SSSR count). The van der Waals surface area contributed by atoms with Crippen LogP contribution in [0.15, 0.2) is 60.0 Å². The molecule has 0 aliphatic rings. The van der Waals surface area contributed by atoms with Crippen LogP contribution in [0.25, 0.3) is 38.7 Å². The molecule has 148 valence electrons. The Kier molecular flexibility index (Phi) is 4.52. The number of thiazole rings is 1. The molecule has 0 saturated heterocycles. The summed E-state index contributed by atoms with van der Waals surface area (Å²) in [6, 6.07) is 18.4. The Bertz CT molecular complexity index is 1340. The number of aromatic nitrogens is 5. The molecule has 3 heterocycles. The van der Waals surface area contributed by atoms with Crippen LogP contribution in [0.5, 0.6) is 0 Å². The van der Waals surface area contributed by atoms with Gasteiger partial charge in [-0.3, -0.25) is 0 Å². The zero-order chi connectivity index (χ0) is 20.7. The Hall–Kier alpha value is -3.58. The second-order valence-electron chi connectivity index (χ2n) is 7.11. The van der Waals surface area contributed by atoms with Gasteiger partial charge in [0.05, 0.1) is 17.0 Å². The molecule has 0 amide bonds. The predicted molar refractivity (Wildman–Crippen MR) is 121 cm³/mol. The highest BCUT2D eigenvalue weighted by Gasteiger charge is 2.20. The molecule has 6 nitrogen and oxygen atoms in total. The van der Waals surface area contributed by atoms with Gasteiger partial charge < -0.3 is 5.73 Å². The molecular formula is C23H20N6S. The highest BCUT2D eigenvalue weighted by molar-refractivity contribution is 7.13. The zero-order valence-electron chi connectivity index (χ0n) is 16.7. The Labute approximate surface area is 178 Å². The summed E-state index contributed by atoms with van der Waals surface area (Å²) in [5.74, 6) is 0.446. The molecule has 0 atom stereocenters. The van der Waals surface area contributed by atoms with Crippen LogP contribution in [0.2, 0.25) is 0 Å². The number of aryl methyl sites for hydroxylation is 2. The molecule has 5 aromatic rings. The van der Waals surface area contributed by atoms with E-state index < -0.39 is 0 Å². The van der Waals surface area contributed by atoms with E-state index in [2.05, 4.69) is 60.4 Å². The Morgan fingerprint density at radius 3 is 2.47 bits per heavy atom. The van der Waals surface area contributed by atoms with E-state index in [-0.39, 0.29) is 0 Å². The zero-order valence-corrected chi connectivity index (χ0v) is 17.5. The number of hydrogen-bond acceptors (Lipinski definition) is 6. The minimum Gasteiger partial charge on any atom is -0.382 e. The predicted octanol–water partition coefficient (Wildman–Crippen LogP) is 5.03. The number of benzene rings is 2. The van der Waals surface area contributed by atoms with Gasteiger partial charge in [0.25, 0.3) is 0 Å². The van der Waals surface area contributed by atoms with E-state index in [1.165, 1.54) is 16.9 Å². The van der Waals surface area contributed by atoms with Crippen molar-refractivity contribution in [2.75, 3.05) is 5.73 Å². The Morgan fingerprint density at radius 2 is 1.73 bits per heavy atom. The largest absolute Gasteiger partial charge is 0.382 e. The van der Waals surface area contributed by atoms with Gasteiger partial charge in [-0.2, -0.15) is 9.61 Å². The fraction of sp³-hybridized carbons (Fsp3) is 0.130. The van der Waals surface area contributed by atoms with Crippen molar-refractivity contribution >= 4 is 22.8 Å². The molecule has 0 radical (unpaired) electrons. The number of rotatable bonds is 4. The van der Waals surface area contributed by atoms with Gasteiger partial charge >= 0.3 is 0 Å². The average Bonchev–Trinajstić information content (AvgIpc) is 3.40. The van der Waals surface area contributed by atoms with Crippen molar-refractivity contribution in [1.29, 1.82) is 0 Å². The molecular weight excluding hydrogens is 392 g/mol. The fourth-order valence-electron chi connectivity index (χ4n) is 3.50. The van der Waals surface area contributed by atoms with Crippen molar-refractivity contribution in [3.8, 4) is 33.1 Å². The highest BCUT2D eigenvalue weighted by atomic mass is 32.1. The lowest BCUT2D eigenvalue weighted by molar-refractivity contribution is 0.872. The fourth-order valence-corrected chi connectivity index (χ4v) is 4.32. The first-order chi connectivity index (χ1) is 14.7. The molecule has 0 fully saturated rings. The molecule has 0 bridgehead atoms. The first kappa shape index (κ1) is 18.4. The third-order valence-electron chi connectivity index (χ3n) is 5.10. The lowest BCUT2D eigenvalue weighted by Gasteiger charge is -2.04. The smallest absolute Gasteiger partial charge is 0.187 e. The van der Waals surface area contributed by atoms with Gasteiger partial charge in [0.2, 0.25) is 0 Å². The molecule has 0 unspecified atom stereocenters. The van der Waals surface area contributed by atoms with Crippen molar-refractivity contribution in [3.05, 3.63) is 71.2 Å². The molecule has 30 heavy (non-hydrogen) atoms. The molecule has 0 saturated carbocycles. The van der Waals surface area contributed by atoms with Gasteiger partial charge in [-0.05, 0) is 18.9 Å². The minimum atomic E-state index is 0.446. The van der Waals surface area contributed by atoms with Crippen LogP contribution in [0, 0.1) is 6.92 Å². The lowest BCUT2D eigenvalue weighted by Crippen LogP contribution is -2.05. The number of hydrogen-bond donors (Lipinski definition) is 1. The van der Waals surface area contributed by atoms with Crippen molar-refractivity contribution in [3.63, 3.8) is 0 Å². The van der Waals surface area contributed by atoms with Crippen molar-refractivity contribution in [2.24, 2.45) is 0 Å². The van der Waals surface area contributed by atoms with Crippen LogP contribution in [0.4, 0.5) is 5.82 Å². The molecule has 3 aromatic heterocycles. The summed E-state index contributed by atoms with van der Waals surface area (Å²) >= 11 is 1.50. The standard InChI is InChI=1S/C23H20N6S/c1-3-17-19(16-7-5-4-6-8-16)22-27-26-20(21(24)29(22)28-17)23-25-18(13-30-23)15-11-9-14(2)10-12-15/h4-13H,3,24H2,1-2H3. The van der Waals surface area contributed by atoms with E-state index in [0.29, 0.717) is 17.2 Å². The van der Waals surface area contributed by atoms with E-state index in [9.17, 15) is 0 Å². The van der Waals surface area contributed by atoms with Gasteiger partial charge in [-0.25, -0.2) is 4.98 Å². The summed E-state index contributed by atoms with van der Waals surface area (Å²) < 4.78 is 1.69. The maximum Gasteiger partial charge on any atom is 0.187 e. The number of anilines is 1. The van der Waals surface area contributed by atoms with Gasteiger partial charge in [-0.1, -0.05) is 67.1 Å². The summed E-state index contributed by atoms with van der Waals surface area (Å²) in [6.07, 6.45) is 0.775. The summed E-state index contributed by atoms with van der Waals surface area (Å²) in [7, 11) is 0. The average molecular weight is 413 g/mol. The molecule has 0 spiro atoms. The van der Waals surface area contributed by atoms with E-state index in [1.54, 1.807) is 4.52 Å². The quantitative estimate of drug-likeness (QED) is 0.447. The molecule has 0 aliphatic heterocycles. The van der Waals surface area contributed by atoms with Crippen LogP contribution in [-0.2, 0) is 6.42 Å². The minimum absolute atomic E-state index is 0.446. The summed E-state index contributed by atoms with van der Waals surface area (Å²) in [5, 5.41) is 16.4. The van der Waals surface area contributed by atoms with Crippen LogP contribution in [0.1, 0.15) is 18.2 Å². The third-order valence-corrected chi connectivity index (χ3v) is 5.95. The van der Waals surface area contributed by atoms with Gasteiger partial charge in [0.15, 0.2) is 17.2 Å². The van der Waals surface area contributed by atoms with E-state index in [4.69, 9.17) is 15.8 Å². The number of fused-ring (bicyclic) bond motifs is 1. The molecule has 7 heteroatoms. The third kappa shape index (κ3) is 3.04. The van der Waals surface area contributed by atoms with Crippen LogP contribution >= 0.6 is 11.3 Å². The monoisotopic (exact) mass is 412 g/mol. The summed E-state index contributed by atoms with van der Waals surface area (Å²) in [6.45, 7) is 4.15. The molecule has 2 aromatic carbocycles. The van der Waals surface area contributed by atoms with Gasteiger partial charge in [0.1, 0.15) is 5.01 Å². The molecule has 2 N–H and O–H groups in total. The number of nitrogens with zero attached hydrogens (tertiary/aromatic N) is 5. The van der Waals surface area contributed by atoms with Crippen molar-refractivity contribution < 1.29 is 0 Å². The lowest BCUT2D eigenvalue weighted by atomic mass is 10.0. The first-order valence-electron chi connectivity index (χ1n) is 9.78. The second kappa shape index (κ2) is 7.35. The van der Waals surface area contributed by atoms with E-state index >= 15 is 0 Å². The van der Waals surface area contributed by atoms with Crippen molar-refractivity contribution in [1.82, 2.24) is 24.8 Å². The molecule has 0 aliphatic carbocycles. The Balaban J connectivity index is 1.62. The Morgan fingerprint density at radius 1 is 0.967 bits per heavy atom. The maximum atomic E-state index is 6.50. The van der Waals surface area contributed by atoms with E-state index in [1.807, 2.05) is 23.6 Å². The topological polar surface area (TPSA) is 82.0 Å². The second-order valence-corrected chi connectivity index (χ2v) is 7.97. The van der Waals surface area contributed by atoms with Crippen LogP contribution in [0.3, 0.4) is 0 Å². The van der Waals surface area contributed by atoms with Crippen molar-refractivity contribution in [2.45, 2.75) is 20.3 Å². The normalized spacial score (nSPS) is 11.3. The van der Waals surface area contributed by atoms with Gasteiger partial charge in [0, 0.05) is 10.9 Å².